The summed E-state index contributed by atoms with van der Waals surface area (Å²) in [6.45, 7) is 5.02. The summed E-state index contributed by atoms with van der Waals surface area (Å²) in [4.78, 5) is 30.0. The number of carbonyl (C=O) groups excluding carboxylic acids is 2. The SMILES string of the molecule is CC(=O)N(CC(=O)N1CCN(Cc2ccccc2)CC1)c1cccc(F)c1. The molecule has 2 amide bonds. The summed E-state index contributed by atoms with van der Waals surface area (Å²) >= 11 is 0. The lowest BCUT2D eigenvalue weighted by atomic mass is 10.2. The van der Waals surface area contributed by atoms with Gasteiger partial charge in [-0.05, 0) is 23.8 Å². The first-order chi connectivity index (χ1) is 13.0. The summed E-state index contributed by atoms with van der Waals surface area (Å²) in [7, 11) is 0. The Morgan fingerprint density at radius 1 is 1.00 bits per heavy atom. The number of benzene rings is 2. The van der Waals surface area contributed by atoms with Crippen LogP contribution in [0.25, 0.3) is 0 Å². The molecule has 0 radical (unpaired) electrons. The number of rotatable bonds is 5. The average Bonchev–Trinajstić information content (AvgIpc) is 2.67. The van der Waals surface area contributed by atoms with Crippen molar-refractivity contribution in [3.05, 3.63) is 66.0 Å². The van der Waals surface area contributed by atoms with Gasteiger partial charge in [0.2, 0.25) is 11.8 Å². The van der Waals surface area contributed by atoms with Crippen molar-refractivity contribution in [1.29, 1.82) is 0 Å². The average molecular weight is 369 g/mol. The molecule has 1 aliphatic heterocycles. The number of halogens is 1. The molecule has 1 heterocycles. The molecule has 0 saturated carbocycles. The van der Waals surface area contributed by atoms with Gasteiger partial charge in [-0.3, -0.25) is 14.5 Å². The molecule has 2 aromatic rings. The Balaban J connectivity index is 1.56. The molecule has 0 bridgehead atoms. The summed E-state index contributed by atoms with van der Waals surface area (Å²) in [6, 6.07) is 16.0. The van der Waals surface area contributed by atoms with E-state index in [4.69, 9.17) is 0 Å². The number of nitrogens with zero attached hydrogens (tertiary/aromatic N) is 3. The molecular weight excluding hydrogens is 345 g/mol. The van der Waals surface area contributed by atoms with Gasteiger partial charge in [0, 0.05) is 45.3 Å². The molecule has 1 saturated heterocycles. The lowest BCUT2D eigenvalue weighted by molar-refractivity contribution is -0.132. The van der Waals surface area contributed by atoms with Crippen molar-refractivity contribution in [2.75, 3.05) is 37.6 Å². The molecule has 2 aromatic carbocycles. The Kier molecular flexibility index (Phi) is 6.19. The highest BCUT2D eigenvalue weighted by molar-refractivity contribution is 5.97. The van der Waals surface area contributed by atoms with E-state index in [1.807, 2.05) is 18.2 Å². The fraction of sp³-hybridized carbons (Fsp3) is 0.333. The summed E-state index contributed by atoms with van der Waals surface area (Å²) in [5.41, 5.74) is 1.66. The van der Waals surface area contributed by atoms with Crippen LogP contribution in [0.3, 0.4) is 0 Å². The van der Waals surface area contributed by atoms with E-state index < -0.39 is 5.82 Å². The van der Waals surface area contributed by atoms with E-state index in [2.05, 4.69) is 17.0 Å². The van der Waals surface area contributed by atoms with E-state index in [1.165, 1.54) is 35.6 Å². The van der Waals surface area contributed by atoms with Crippen LogP contribution in [0.4, 0.5) is 10.1 Å². The predicted molar refractivity (Wildman–Crippen MR) is 103 cm³/mol. The maximum Gasteiger partial charge on any atom is 0.242 e. The molecule has 142 valence electrons. The molecule has 0 aliphatic carbocycles. The first-order valence-corrected chi connectivity index (χ1v) is 9.10. The fourth-order valence-corrected chi connectivity index (χ4v) is 3.26. The van der Waals surface area contributed by atoms with Gasteiger partial charge in [-0.15, -0.1) is 0 Å². The third-order valence-electron chi connectivity index (χ3n) is 4.77. The van der Waals surface area contributed by atoms with Crippen molar-refractivity contribution in [3.8, 4) is 0 Å². The molecule has 0 N–H and O–H groups in total. The normalized spacial score (nSPS) is 14.8. The predicted octanol–water partition coefficient (Wildman–Crippen LogP) is 2.52. The van der Waals surface area contributed by atoms with Gasteiger partial charge in [0.15, 0.2) is 0 Å². The Morgan fingerprint density at radius 2 is 1.70 bits per heavy atom. The van der Waals surface area contributed by atoms with Crippen molar-refractivity contribution in [1.82, 2.24) is 9.80 Å². The zero-order valence-electron chi connectivity index (χ0n) is 15.5. The molecular formula is C21H24FN3O2. The minimum absolute atomic E-state index is 0.0720. The Morgan fingerprint density at radius 3 is 2.33 bits per heavy atom. The van der Waals surface area contributed by atoms with E-state index in [1.54, 1.807) is 11.0 Å². The topological polar surface area (TPSA) is 43.9 Å². The molecule has 3 rings (SSSR count). The van der Waals surface area contributed by atoms with Crippen molar-refractivity contribution >= 4 is 17.5 Å². The number of hydrogen-bond donors (Lipinski definition) is 0. The van der Waals surface area contributed by atoms with Gasteiger partial charge in [-0.25, -0.2) is 4.39 Å². The summed E-state index contributed by atoms with van der Waals surface area (Å²) < 4.78 is 13.5. The molecule has 0 unspecified atom stereocenters. The first-order valence-electron chi connectivity index (χ1n) is 9.10. The highest BCUT2D eigenvalue weighted by atomic mass is 19.1. The van der Waals surface area contributed by atoms with Gasteiger partial charge in [0.1, 0.15) is 12.4 Å². The van der Waals surface area contributed by atoms with Gasteiger partial charge in [-0.2, -0.15) is 0 Å². The fourth-order valence-electron chi connectivity index (χ4n) is 3.26. The monoisotopic (exact) mass is 369 g/mol. The largest absolute Gasteiger partial charge is 0.339 e. The van der Waals surface area contributed by atoms with Crippen LogP contribution in [0, 0.1) is 5.82 Å². The summed E-state index contributed by atoms with van der Waals surface area (Å²) in [6.07, 6.45) is 0. The molecule has 0 spiro atoms. The number of piperazine rings is 1. The van der Waals surface area contributed by atoms with Gasteiger partial charge in [-0.1, -0.05) is 36.4 Å². The molecule has 27 heavy (non-hydrogen) atoms. The minimum atomic E-state index is -0.430. The molecule has 1 aliphatic rings. The van der Waals surface area contributed by atoms with E-state index in [0.717, 1.165) is 19.6 Å². The van der Waals surface area contributed by atoms with Crippen molar-refractivity contribution in [3.63, 3.8) is 0 Å². The minimum Gasteiger partial charge on any atom is -0.339 e. The van der Waals surface area contributed by atoms with Crippen LogP contribution in [-0.4, -0.2) is 54.3 Å². The Bertz CT molecular complexity index is 789. The maximum absolute atomic E-state index is 13.5. The van der Waals surface area contributed by atoms with Gasteiger partial charge >= 0.3 is 0 Å². The van der Waals surface area contributed by atoms with E-state index in [9.17, 15) is 14.0 Å². The summed E-state index contributed by atoms with van der Waals surface area (Å²) in [5.74, 6) is -0.828. The number of anilines is 1. The molecule has 1 fully saturated rings. The van der Waals surface area contributed by atoms with Crippen LogP contribution in [0.1, 0.15) is 12.5 Å². The van der Waals surface area contributed by atoms with E-state index in [-0.39, 0.29) is 18.4 Å². The number of hydrogen-bond acceptors (Lipinski definition) is 3. The lowest BCUT2D eigenvalue weighted by Crippen LogP contribution is -2.51. The highest BCUT2D eigenvalue weighted by Crippen LogP contribution is 2.16. The second kappa shape index (κ2) is 8.77. The zero-order valence-corrected chi connectivity index (χ0v) is 15.5. The molecule has 6 heteroatoms. The standard InChI is InChI=1S/C21H24FN3O2/c1-17(26)25(20-9-5-8-19(22)14-20)16-21(27)24-12-10-23(11-13-24)15-18-6-3-2-4-7-18/h2-9,14H,10-13,15-16H2,1H3. The molecule has 0 atom stereocenters. The maximum atomic E-state index is 13.5. The zero-order chi connectivity index (χ0) is 19.2. The smallest absolute Gasteiger partial charge is 0.242 e. The van der Waals surface area contributed by atoms with Crippen LogP contribution in [0.15, 0.2) is 54.6 Å². The van der Waals surface area contributed by atoms with Crippen LogP contribution in [0.2, 0.25) is 0 Å². The van der Waals surface area contributed by atoms with Crippen molar-refractivity contribution in [2.24, 2.45) is 0 Å². The van der Waals surface area contributed by atoms with Crippen LogP contribution in [0.5, 0.6) is 0 Å². The lowest BCUT2D eigenvalue weighted by Gasteiger charge is -2.35. The third kappa shape index (κ3) is 5.14. The molecule has 0 aromatic heterocycles. The van der Waals surface area contributed by atoms with Crippen LogP contribution >= 0.6 is 0 Å². The van der Waals surface area contributed by atoms with E-state index >= 15 is 0 Å². The quantitative estimate of drug-likeness (QED) is 0.814. The number of carbonyl (C=O) groups is 2. The van der Waals surface area contributed by atoms with Gasteiger partial charge in [0.05, 0.1) is 0 Å². The van der Waals surface area contributed by atoms with Crippen molar-refractivity contribution in [2.45, 2.75) is 13.5 Å². The molecule has 5 nitrogen and oxygen atoms in total. The Hall–Kier alpha value is -2.73. The second-order valence-corrected chi connectivity index (χ2v) is 6.73. The summed E-state index contributed by atoms with van der Waals surface area (Å²) in [5, 5.41) is 0. The van der Waals surface area contributed by atoms with Gasteiger partial charge in [0.25, 0.3) is 0 Å². The Labute approximate surface area is 159 Å². The second-order valence-electron chi connectivity index (χ2n) is 6.73. The highest BCUT2D eigenvalue weighted by Gasteiger charge is 2.24. The first kappa shape index (κ1) is 19.0. The van der Waals surface area contributed by atoms with Crippen LogP contribution in [-0.2, 0) is 16.1 Å². The third-order valence-corrected chi connectivity index (χ3v) is 4.77. The van der Waals surface area contributed by atoms with E-state index in [0.29, 0.717) is 18.8 Å². The van der Waals surface area contributed by atoms with Crippen LogP contribution < -0.4 is 4.90 Å². The van der Waals surface area contributed by atoms with Crippen molar-refractivity contribution < 1.29 is 14.0 Å². The number of amides is 2. The van der Waals surface area contributed by atoms with Gasteiger partial charge < -0.3 is 9.80 Å².